The highest BCUT2D eigenvalue weighted by molar-refractivity contribution is 7.89. The monoisotopic (exact) mass is 439 g/mol. The van der Waals surface area contributed by atoms with Gasteiger partial charge in [0.1, 0.15) is 19.0 Å². The summed E-state index contributed by atoms with van der Waals surface area (Å²) in [6.07, 6.45) is 3.36. The Labute approximate surface area is 182 Å². The zero-order chi connectivity index (χ0) is 21.4. The Kier molecular flexibility index (Phi) is 5.19. The van der Waals surface area contributed by atoms with E-state index in [1.54, 1.807) is 22.5 Å². The molecule has 0 radical (unpaired) electrons. The highest BCUT2D eigenvalue weighted by Gasteiger charge is 2.32. The van der Waals surface area contributed by atoms with Crippen molar-refractivity contribution < 1.29 is 17.9 Å². The van der Waals surface area contributed by atoms with Gasteiger partial charge in [0.2, 0.25) is 10.0 Å². The molecule has 0 bridgehead atoms. The van der Waals surface area contributed by atoms with Crippen molar-refractivity contribution in [3.05, 3.63) is 60.4 Å². The number of sulfonamides is 1. The summed E-state index contributed by atoms with van der Waals surface area (Å²) in [5.74, 6) is 2.02. The number of piperidine rings is 1. The molecule has 3 aromatic rings. The first-order chi connectivity index (χ1) is 15.0. The van der Waals surface area contributed by atoms with Crippen LogP contribution in [0, 0.1) is 6.92 Å². The summed E-state index contributed by atoms with van der Waals surface area (Å²) in [4.78, 5) is 4.87. The maximum atomic E-state index is 13.2. The minimum atomic E-state index is -3.59. The predicted molar refractivity (Wildman–Crippen MR) is 117 cm³/mol. The van der Waals surface area contributed by atoms with Crippen molar-refractivity contribution in [2.45, 2.75) is 30.7 Å². The quantitative estimate of drug-likeness (QED) is 0.620. The third-order valence-electron chi connectivity index (χ3n) is 5.95. The molecular formula is C23H25N3O4S. The van der Waals surface area contributed by atoms with Crippen LogP contribution in [-0.4, -0.2) is 48.6 Å². The zero-order valence-corrected chi connectivity index (χ0v) is 18.2. The van der Waals surface area contributed by atoms with Gasteiger partial charge in [-0.25, -0.2) is 13.4 Å². The molecule has 7 nitrogen and oxygen atoms in total. The van der Waals surface area contributed by atoms with Gasteiger partial charge in [-0.15, -0.1) is 0 Å². The number of benzene rings is 2. The van der Waals surface area contributed by atoms with Gasteiger partial charge in [0, 0.05) is 42.7 Å². The molecule has 1 saturated heterocycles. The van der Waals surface area contributed by atoms with Gasteiger partial charge in [-0.3, -0.25) is 0 Å². The first-order valence-corrected chi connectivity index (χ1v) is 12.0. The van der Waals surface area contributed by atoms with Crippen molar-refractivity contribution in [2.24, 2.45) is 0 Å². The number of aryl methyl sites for hydroxylation is 1. The van der Waals surface area contributed by atoms with Crippen molar-refractivity contribution in [3.63, 3.8) is 0 Å². The summed E-state index contributed by atoms with van der Waals surface area (Å²) in [5, 5.41) is 0. The van der Waals surface area contributed by atoms with Crippen LogP contribution in [0.5, 0.6) is 11.5 Å². The van der Waals surface area contributed by atoms with E-state index in [-0.39, 0.29) is 10.9 Å². The summed E-state index contributed by atoms with van der Waals surface area (Å²) in [6, 6.07) is 15.2. The van der Waals surface area contributed by atoms with Gasteiger partial charge in [-0.05, 0) is 31.9 Å². The molecule has 1 aromatic heterocycles. The molecule has 0 unspecified atom stereocenters. The average molecular weight is 440 g/mol. The Morgan fingerprint density at radius 3 is 2.42 bits per heavy atom. The van der Waals surface area contributed by atoms with Crippen LogP contribution >= 0.6 is 0 Å². The number of imidazole rings is 1. The van der Waals surface area contributed by atoms with Gasteiger partial charge in [-0.1, -0.05) is 30.3 Å². The fourth-order valence-corrected chi connectivity index (χ4v) is 5.87. The standard InChI is InChI=1S/C23H25N3O4S/c1-17-16-24-23(18-5-3-2-4-6-18)26(17)19-9-11-25(12-10-19)31(27,28)20-7-8-21-22(15-20)30-14-13-29-21/h2-8,15-16,19H,9-14H2,1H3. The zero-order valence-electron chi connectivity index (χ0n) is 17.4. The first-order valence-electron chi connectivity index (χ1n) is 10.5. The Morgan fingerprint density at radius 2 is 1.68 bits per heavy atom. The second-order valence-electron chi connectivity index (χ2n) is 7.90. The van der Waals surface area contributed by atoms with Crippen LogP contribution in [0.4, 0.5) is 0 Å². The molecular weight excluding hydrogens is 414 g/mol. The molecule has 0 atom stereocenters. The van der Waals surface area contributed by atoms with Crippen molar-refractivity contribution in [1.29, 1.82) is 0 Å². The SMILES string of the molecule is Cc1cnc(-c2ccccc2)n1C1CCN(S(=O)(=O)c2ccc3c(c2)OCCO3)CC1. The third-order valence-corrected chi connectivity index (χ3v) is 7.85. The molecule has 31 heavy (non-hydrogen) atoms. The van der Waals surface area contributed by atoms with Crippen LogP contribution in [0.1, 0.15) is 24.6 Å². The van der Waals surface area contributed by atoms with Gasteiger partial charge in [0.15, 0.2) is 11.5 Å². The van der Waals surface area contributed by atoms with E-state index in [2.05, 4.69) is 28.6 Å². The Morgan fingerprint density at radius 1 is 0.968 bits per heavy atom. The molecule has 0 aliphatic carbocycles. The number of rotatable bonds is 4. The number of nitrogens with zero attached hydrogens (tertiary/aromatic N) is 3. The predicted octanol–water partition coefficient (Wildman–Crippen LogP) is 3.66. The summed E-state index contributed by atoms with van der Waals surface area (Å²) in [5.41, 5.74) is 2.16. The lowest BCUT2D eigenvalue weighted by Gasteiger charge is -2.33. The second kappa shape index (κ2) is 8.01. The van der Waals surface area contributed by atoms with Crippen LogP contribution in [0.15, 0.2) is 59.6 Å². The molecule has 0 N–H and O–H groups in total. The van der Waals surface area contributed by atoms with Crippen molar-refractivity contribution in [3.8, 4) is 22.9 Å². The maximum Gasteiger partial charge on any atom is 0.243 e. The summed E-state index contributed by atoms with van der Waals surface area (Å²) in [7, 11) is -3.59. The highest BCUT2D eigenvalue weighted by atomic mass is 32.2. The first kappa shape index (κ1) is 20.1. The lowest BCUT2D eigenvalue weighted by atomic mass is 10.1. The Bertz CT molecular complexity index is 1180. The van der Waals surface area contributed by atoms with Crippen molar-refractivity contribution in [2.75, 3.05) is 26.3 Å². The largest absolute Gasteiger partial charge is 0.486 e. The lowest BCUT2D eigenvalue weighted by molar-refractivity contribution is 0.171. The number of fused-ring (bicyclic) bond motifs is 1. The van der Waals surface area contributed by atoms with E-state index < -0.39 is 10.0 Å². The van der Waals surface area contributed by atoms with E-state index in [0.717, 1.165) is 29.9 Å². The molecule has 2 aliphatic heterocycles. The molecule has 8 heteroatoms. The van der Waals surface area contributed by atoms with E-state index in [9.17, 15) is 8.42 Å². The molecule has 0 amide bonds. The fourth-order valence-electron chi connectivity index (χ4n) is 4.38. The molecule has 5 rings (SSSR count). The smallest absolute Gasteiger partial charge is 0.243 e. The topological polar surface area (TPSA) is 73.7 Å². The van der Waals surface area contributed by atoms with Gasteiger partial charge in [0.05, 0.1) is 4.90 Å². The normalized spacial score (nSPS) is 17.6. The van der Waals surface area contributed by atoms with Crippen LogP contribution in [0.3, 0.4) is 0 Å². The van der Waals surface area contributed by atoms with E-state index >= 15 is 0 Å². The molecule has 2 aliphatic rings. The number of hydrogen-bond donors (Lipinski definition) is 0. The molecule has 1 fully saturated rings. The highest BCUT2D eigenvalue weighted by Crippen LogP contribution is 2.35. The lowest BCUT2D eigenvalue weighted by Crippen LogP contribution is -2.39. The van der Waals surface area contributed by atoms with Crippen molar-refractivity contribution >= 4 is 10.0 Å². The van der Waals surface area contributed by atoms with Gasteiger partial charge in [-0.2, -0.15) is 4.31 Å². The Balaban J connectivity index is 1.35. The number of aromatic nitrogens is 2. The third kappa shape index (κ3) is 3.70. The van der Waals surface area contributed by atoms with Crippen LogP contribution in [-0.2, 0) is 10.0 Å². The van der Waals surface area contributed by atoms with E-state index in [0.29, 0.717) is 37.8 Å². The summed E-state index contributed by atoms with van der Waals surface area (Å²) in [6.45, 7) is 3.89. The molecule has 0 saturated carbocycles. The fraction of sp³-hybridized carbons (Fsp3) is 0.348. The molecule has 162 valence electrons. The number of ether oxygens (including phenoxy) is 2. The molecule has 2 aromatic carbocycles. The Hall–Kier alpha value is -2.84. The minimum Gasteiger partial charge on any atom is -0.486 e. The van der Waals surface area contributed by atoms with E-state index in [1.807, 2.05) is 24.4 Å². The summed E-state index contributed by atoms with van der Waals surface area (Å²) < 4.78 is 41.4. The van der Waals surface area contributed by atoms with Crippen LogP contribution in [0.2, 0.25) is 0 Å². The van der Waals surface area contributed by atoms with E-state index in [1.165, 1.54) is 0 Å². The van der Waals surface area contributed by atoms with Gasteiger partial charge < -0.3 is 14.0 Å². The van der Waals surface area contributed by atoms with E-state index in [4.69, 9.17) is 9.47 Å². The maximum absolute atomic E-state index is 13.2. The molecule has 0 spiro atoms. The van der Waals surface area contributed by atoms with Crippen molar-refractivity contribution in [1.82, 2.24) is 13.9 Å². The number of hydrogen-bond acceptors (Lipinski definition) is 5. The van der Waals surface area contributed by atoms with Gasteiger partial charge in [0.25, 0.3) is 0 Å². The molecule has 3 heterocycles. The van der Waals surface area contributed by atoms with Crippen LogP contribution in [0.25, 0.3) is 11.4 Å². The summed E-state index contributed by atoms with van der Waals surface area (Å²) >= 11 is 0. The average Bonchev–Trinajstić information content (AvgIpc) is 3.20. The van der Waals surface area contributed by atoms with Gasteiger partial charge >= 0.3 is 0 Å². The second-order valence-corrected chi connectivity index (χ2v) is 9.84. The van der Waals surface area contributed by atoms with Crippen LogP contribution < -0.4 is 9.47 Å². The minimum absolute atomic E-state index is 0.212.